The van der Waals surface area contributed by atoms with Crippen LogP contribution < -0.4 is 4.74 Å². The van der Waals surface area contributed by atoms with Crippen molar-refractivity contribution in [2.24, 2.45) is 0 Å². The Morgan fingerprint density at radius 1 is 1.54 bits per heavy atom. The van der Waals surface area contributed by atoms with Gasteiger partial charge in [-0.2, -0.15) is 8.78 Å². The molecule has 1 aromatic rings. The highest BCUT2D eigenvalue weighted by Gasteiger charge is 2.31. The Hall–Kier alpha value is -0.900. The monoisotopic (exact) mass is 209 g/mol. The minimum absolute atomic E-state index is 0.225. The highest BCUT2D eigenvalue weighted by Crippen LogP contribution is 2.23. The first-order valence-electron chi connectivity index (χ1n) is 3.33. The molecule has 0 atom stereocenters. The number of rotatable bonds is 3. The lowest BCUT2D eigenvalue weighted by molar-refractivity contribution is -0.186. The first kappa shape index (κ1) is 10.2. The van der Waals surface area contributed by atoms with Gasteiger partial charge in [0.05, 0.1) is 0 Å². The molecule has 1 nitrogen and oxygen atoms in total. The van der Waals surface area contributed by atoms with Crippen molar-refractivity contribution in [2.45, 2.75) is 6.11 Å². The summed E-state index contributed by atoms with van der Waals surface area (Å²) in [7, 11) is 0. The molecule has 0 fully saturated rings. The summed E-state index contributed by atoms with van der Waals surface area (Å²) in [5, 5.41) is 0.225. The molecule has 0 saturated carbocycles. The van der Waals surface area contributed by atoms with Crippen LogP contribution in [-0.4, -0.2) is 12.8 Å². The molecule has 5 heteroatoms. The van der Waals surface area contributed by atoms with Crippen molar-refractivity contribution in [2.75, 3.05) is 6.67 Å². The molecule has 0 aromatic heterocycles. The standard InChI is InChI=1S/C8H5ClF3O/c9-6-2-1-3-7(4-6)13-8(11,12)5-10/h1-2,4H,5H2. The van der Waals surface area contributed by atoms with Gasteiger partial charge in [0.2, 0.25) is 0 Å². The molecule has 0 aliphatic carbocycles. The van der Waals surface area contributed by atoms with E-state index >= 15 is 0 Å². The third kappa shape index (κ3) is 3.14. The van der Waals surface area contributed by atoms with Crippen molar-refractivity contribution >= 4 is 11.6 Å². The van der Waals surface area contributed by atoms with Gasteiger partial charge in [-0.05, 0) is 18.2 Å². The Labute approximate surface area is 78.1 Å². The first-order chi connectivity index (χ1) is 6.03. The van der Waals surface area contributed by atoms with Crippen LogP contribution >= 0.6 is 11.6 Å². The van der Waals surface area contributed by atoms with Gasteiger partial charge in [-0.25, -0.2) is 4.39 Å². The van der Waals surface area contributed by atoms with E-state index in [0.29, 0.717) is 0 Å². The lowest BCUT2D eigenvalue weighted by atomic mass is 10.3. The predicted octanol–water partition coefficient (Wildman–Crippen LogP) is 3.08. The zero-order valence-electron chi connectivity index (χ0n) is 6.36. The van der Waals surface area contributed by atoms with Crippen LogP contribution in [0.4, 0.5) is 13.2 Å². The topological polar surface area (TPSA) is 9.23 Å². The van der Waals surface area contributed by atoms with Crippen molar-refractivity contribution in [3.63, 3.8) is 0 Å². The molecule has 71 valence electrons. The number of hydrogen-bond donors (Lipinski definition) is 0. The molecule has 0 N–H and O–H groups in total. The lowest BCUT2D eigenvalue weighted by Crippen LogP contribution is -2.26. The van der Waals surface area contributed by atoms with Crippen molar-refractivity contribution in [3.8, 4) is 5.75 Å². The maximum absolute atomic E-state index is 12.3. The van der Waals surface area contributed by atoms with Gasteiger partial charge in [-0.15, -0.1) is 0 Å². The zero-order valence-corrected chi connectivity index (χ0v) is 7.12. The largest absolute Gasteiger partial charge is 0.430 e. The van der Waals surface area contributed by atoms with Crippen molar-refractivity contribution in [1.29, 1.82) is 0 Å². The van der Waals surface area contributed by atoms with Crippen molar-refractivity contribution in [3.05, 3.63) is 29.3 Å². The molecule has 0 saturated heterocycles. The number of halogens is 4. The van der Waals surface area contributed by atoms with Crippen LogP contribution in [0.3, 0.4) is 0 Å². The van der Waals surface area contributed by atoms with E-state index in [1.807, 2.05) is 0 Å². The average molecular weight is 210 g/mol. The molecular formula is C8H5ClF3O. The normalized spacial score (nSPS) is 11.4. The summed E-state index contributed by atoms with van der Waals surface area (Å²) in [6.45, 7) is -1.88. The number of hydrogen-bond acceptors (Lipinski definition) is 1. The molecule has 0 heterocycles. The van der Waals surface area contributed by atoms with Gasteiger partial charge in [0.15, 0.2) is 6.67 Å². The van der Waals surface area contributed by atoms with Crippen LogP contribution in [0.15, 0.2) is 18.2 Å². The summed E-state index contributed by atoms with van der Waals surface area (Å²) in [5.74, 6) is -0.282. The van der Waals surface area contributed by atoms with E-state index in [1.165, 1.54) is 12.1 Å². The highest BCUT2D eigenvalue weighted by atomic mass is 35.5. The van der Waals surface area contributed by atoms with E-state index in [1.54, 1.807) is 0 Å². The summed E-state index contributed by atoms with van der Waals surface area (Å²) in [4.78, 5) is 0. The van der Waals surface area contributed by atoms with E-state index in [0.717, 1.165) is 6.07 Å². The molecule has 1 radical (unpaired) electrons. The second kappa shape index (κ2) is 3.87. The molecule has 0 amide bonds. The van der Waals surface area contributed by atoms with Gasteiger partial charge in [0, 0.05) is 11.1 Å². The Morgan fingerprint density at radius 3 is 2.77 bits per heavy atom. The Morgan fingerprint density at radius 2 is 2.23 bits per heavy atom. The molecule has 0 aliphatic rings. The van der Waals surface area contributed by atoms with E-state index in [-0.39, 0.29) is 10.8 Å². The average Bonchev–Trinajstić information content (AvgIpc) is 2.03. The summed E-state index contributed by atoms with van der Waals surface area (Å²) >= 11 is 5.48. The van der Waals surface area contributed by atoms with Crippen LogP contribution in [0.25, 0.3) is 0 Å². The Balaban J connectivity index is 2.74. The van der Waals surface area contributed by atoms with Crippen LogP contribution in [0.2, 0.25) is 5.02 Å². The van der Waals surface area contributed by atoms with E-state index in [4.69, 9.17) is 11.6 Å². The molecule has 0 bridgehead atoms. The van der Waals surface area contributed by atoms with Gasteiger partial charge in [0.25, 0.3) is 0 Å². The summed E-state index contributed by atoms with van der Waals surface area (Å²) in [6.07, 6.45) is -3.82. The minimum Gasteiger partial charge on any atom is -0.430 e. The second-order valence-corrected chi connectivity index (χ2v) is 2.68. The maximum Gasteiger partial charge on any atom is 0.427 e. The molecule has 1 rings (SSSR count). The second-order valence-electron chi connectivity index (χ2n) is 2.24. The Kier molecular flexibility index (Phi) is 3.03. The predicted molar refractivity (Wildman–Crippen MR) is 41.8 cm³/mol. The van der Waals surface area contributed by atoms with Crippen LogP contribution in [0.5, 0.6) is 5.75 Å². The first-order valence-corrected chi connectivity index (χ1v) is 3.71. The van der Waals surface area contributed by atoms with Crippen LogP contribution in [0, 0.1) is 6.07 Å². The van der Waals surface area contributed by atoms with Crippen LogP contribution in [0.1, 0.15) is 0 Å². The molecular weight excluding hydrogens is 205 g/mol. The van der Waals surface area contributed by atoms with Gasteiger partial charge in [-0.1, -0.05) is 11.6 Å². The molecule has 0 aliphatic heterocycles. The fourth-order valence-corrected chi connectivity index (χ4v) is 0.828. The minimum atomic E-state index is -3.82. The number of ether oxygens (including phenoxy) is 1. The van der Waals surface area contributed by atoms with Gasteiger partial charge < -0.3 is 4.74 Å². The summed E-state index contributed by atoms with van der Waals surface area (Å²) < 4.78 is 40.2. The third-order valence-electron chi connectivity index (χ3n) is 1.15. The van der Waals surface area contributed by atoms with E-state index in [9.17, 15) is 13.2 Å². The number of benzene rings is 1. The van der Waals surface area contributed by atoms with Gasteiger partial charge in [-0.3, -0.25) is 0 Å². The third-order valence-corrected chi connectivity index (χ3v) is 1.39. The van der Waals surface area contributed by atoms with Gasteiger partial charge in [0.1, 0.15) is 5.75 Å². The molecule has 1 aromatic carbocycles. The van der Waals surface area contributed by atoms with Crippen LogP contribution in [-0.2, 0) is 0 Å². The highest BCUT2D eigenvalue weighted by molar-refractivity contribution is 6.30. The maximum atomic E-state index is 12.3. The van der Waals surface area contributed by atoms with E-state index in [2.05, 4.69) is 10.8 Å². The Bertz CT molecular complexity index is 290. The number of alkyl halides is 3. The smallest absolute Gasteiger partial charge is 0.427 e. The quantitative estimate of drug-likeness (QED) is 0.743. The fraction of sp³-hybridized carbons (Fsp3) is 0.250. The van der Waals surface area contributed by atoms with Crippen molar-refractivity contribution in [1.82, 2.24) is 0 Å². The summed E-state index contributed by atoms with van der Waals surface area (Å²) in [5.41, 5.74) is 0. The SMILES string of the molecule is FCC(F)(F)Oc1[c]ccc(Cl)c1. The van der Waals surface area contributed by atoms with Gasteiger partial charge >= 0.3 is 6.11 Å². The molecule has 0 spiro atoms. The van der Waals surface area contributed by atoms with Crippen molar-refractivity contribution < 1.29 is 17.9 Å². The molecule has 13 heavy (non-hydrogen) atoms. The summed E-state index contributed by atoms with van der Waals surface area (Å²) in [6, 6.07) is 6.23. The zero-order chi connectivity index (χ0) is 9.90. The lowest BCUT2D eigenvalue weighted by Gasteiger charge is -2.13. The fourth-order valence-electron chi connectivity index (χ4n) is 0.665. The molecule has 0 unspecified atom stereocenters. The van der Waals surface area contributed by atoms with E-state index < -0.39 is 12.8 Å².